The molecule has 2 unspecified atom stereocenters. The summed E-state index contributed by atoms with van der Waals surface area (Å²) in [6, 6.07) is 5.63. The van der Waals surface area contributed by atoms with Crippen LogP contribution in [0.4, 0.5) is 0 Å². The van der Waals surface area contributed by atoms with Crippen molar-refractivity contribution in [2.75, 3.05) is 14.2 Å². The van der Waals surface area contributed by atoms with E-state index in [1.54, 1.807) is 32.4 Å². The Bertz CT molecular complexity index is 473. The first-order valence-corrected chi connectivity index (χ1v) is 7.17. The summed E-state index contributed by atoms with van der Waals surface area (Å²) in [7, 11) is 3.12. The van der Waals surface area contributed by atoms with Gasteiger partial charge in [-0.15, -0.1) is 0 Å². The van der Waals surface area contributed by atoms with Gasteiger partial charge in [-0.3, -0.25) is 4.79 Å². The highest BCUT2D eigenvalue weighted by Gasteiger charge is 2.23. The minimum absolute atomic E-state index is 0.0835. The van der Waals surface area contributed by atoms with Gasteiger partial charge in [0.2, 0.25) is 0 Å². The van der Waals surface area contributed by atoms with Gasteiger partial charge in [0.15, 0.2) is 11.5 Å². The van der Waals surface area contributed by atoms with Crippen LogP contribution in [0.25, 0.3) is 0 Å². The zero-order valence-corrected chi connectivity index (χ0v) is 12.4. The molecule has 0 radical (unpaired) electrons. The fourth-order valence-electron chi connectivity index (χ4n) is 2.89. The Hall–Kier alpha value is -1.71. The van der Waals surface area contributed by atoms with Crippen LogP contribution in [0.15, 0.2) is 18.2 Å². The van der Waals surface area contributed by atoms with E-state index in [0.717, 1.165) is 12.8 Å². The summed E-state index contributed by atoms with van der Waals surface area (Å²) in [5.74, 6) is 1.68. The molecular weight excluding hydrogens is 254 g/mol. The van der Waals surface area contributed by atoms with Gasteiger partial charge in [-0.1, -0.05) is 25.8 Å². The van der Waals surface area contributed by atoms with E-state index in [0.29, 0.717) is 23.0 Å². The third kappa shape index (κ3) is 3.24. The molecule has 1 fully saturated rings. The van der Waals surface area contributed by atoms with Crippen LogP contribution in [-0.2, 0) is 0 Å². The Labute approximate surface area is 120 Å². The van der Waals surface area contributed by atoms with E-state index in [9.17, 15) is 4.79 Å². The topological polar surface area (TPSA) is 47.6 Å². The second-order valence-electron chi connectivity index (χ2n) is 5.48. The highest BCUT2D eigenvalue weighted by atomic mass is 16.5. The monoisotopic (exact) mass is 277 g/mol. The summed E-state index contributed by atoms with van der Waals surface area (Å²) >= 11 is 0. The fraction of sp³-hybridized carbons (Fsp3) is 0.562. The summed E-state index contributed by atoms with van der Waals surface area (Å²) in [6.07, 6.45) is 4.55. The second-order valence-corrected chi connectivity index (χ2v) is 5.48. The Kier molecular flexibility index (Phi) is 4.88. The van der Waals surface area contributed by atoms with Gasteiger partial charge >= 0.3 is 0 Å². The molecule has 4 nitrogen and oxygen atoms in total. The lowest BCUT2D eigenvalue weighted by Gasteiger charge is -2.27. The van der Waals surface area contributed by atoms with E-state index < -0.39 is 0 Å². The summed E-state index contributed by atoms with van der Waals surface area (Å²) in [5, 5.41) is 3.12. The van der Waals surface area contributed by atoms with Gasteiger partial charge in [0.1, 0.15) is 0 Å². The number of carbonyl (C=O) groups excluding carboxylic acids is 1. The summed E-state index contributed by atoms with van der Waals surface area (Å²) in [4.78, 5) is 12.4. The maximum atomic E-state index is 12.4. The van der Waals surface area contributed by atoms with E-state index in [1.165, 1.54) is 12.8 Å². The highest BCUT2D eigenvalue weighted by Crippen LogP contribution is 2.31. The summed E-state index contributed by atoms with van der Waals surface area (Å²) < 4.78 is 10.5. The Balaban J connectivity index is 2.12. The van der Waals surface area contributed by atoms with Crippen LogP contribution >= 0.6 is 0 Å². The van der Waals surface area contributed by atoms with Crippen molar-refractivity contribution in [1.29, 1.82) is 0 Å². The summed E-state index contributed by atoms with van der Waals surface area (Å²) in [5.41, 5.74) is 0.532. The predicted octanol–water partition coefficient (Wildman–Crippen LogP) is 3.01. The van der Waals surface area contributed by atoms with Crippen molar-refractivity contribution in [2.45, 2.75) is 38.6 Å². The Morgan fingerprint density at radius 1 is 1.25 bits per heavy atom. The van der Waals surface area contributed by atoms with Crippen molar-refractivity contribution >= 4 is 5.91 Å². The molecule has 1 aliphatic carbocycles. The molecule has 2 atom stereocenters. The highest BCUT2D eigenvalue weighted by molar-refractivity contribution is 5.98. The van der Waals surface area contributed by atoms with E-state index in [-0.39, 0.29) is 11.9 Å². The van der Waals surface area contributed by atoms with Crippen molar-refractivity contribution in [2.24, 2.45) is 5.92 Å². The first kappa shape index (κ1) is 14.7. The molecule has 0 spiro atoms. The lowest BCUT2D eigenvalue weighted by molar-refractivity contribution is 0.0917. The molecule has 1 aromatic carbocycles. The normalized spacial score (nSPS) is 22.1. The number of hydrogen-bond donors (Lipinski definition) is 1. The van der Waals surface area contributed by atoms with Crippen molar-refractivity contribution in [3.63, 3.8) is 0 Å². The third-order valence-corrected chi connectivity index (χ3v) is 3.92. The zero-order valence-electron chi connectivity index (χ0n) is 12.4. The van der Waals surface area contributed by atoms with E-state index in [2.05, 4.69) is 12.2 Å². The molecule has 1 amide bonds. The molecule has 2 rings (SSSR count). The first-order chi connectivity index (χ1) is 9.65. The largest absolute Gasteiger partial charge is 0.493 e. The number of nitrogens with one attached hydrogen (secondary N) is 1. The lowest BCUT2D eigenvalue weighted by Crippen LogP contribution is -2.38. The van der Waals surface area contributed by atoms with Crippen LogP contribution in [0.5, 0.6) is 11.5 Å². The molecule has 1 aromatic rings. The molecule has 4 heteroatoms. The van der Waals surface area contributed by atoms with Crippen molar-refractivity contribution in [1.82, 2.24) is 5.32 Å². The van der Waals surface area contributed by atoms with Gasteiger partial charge in [-0.25, -0.2) is 0 Å². The molecule has 1 N–H and O–H groups in total. The number of amides is 1. The maximum absolute atomic E-state index is 12.4. The number of hydrogen-bond acceptors (Lipinski definition) is 3. The molecule has 0 aliphatic heterocycles. The molecule has 0 heterocycles. The zero-order chi connectivity index (χ0) is 14.5. The predicted molar refractivity (Wildman–Crippen MR) is 78.4 cm³/mol. The Morgan fingerprint density at radius 3 is 2.70 bits per heavy atom. The number of carbonyl (C=O) groups is 1. The minimum Gasteiger partial charge on any atom is -0.493 e. The van der Waals surface area contributed by atoms with Crippen LogP contribution in [0.3, 0.4) is 0 Å². The smallest absolute Gasteiger partial charge is 0.255 e. The molecule has 20 heavy (non-hydrogen) atoms. The van der Waals surface area contributed by atoms with Gasteiger partial charge in [-0.05, 0) is 30.9 Å². The molecular formula is C16H23NO3. The van der Waals surface area contributed by atoms with E-state index in [1.807, 2.05) is 0 Å². The van der Waals surface area contributed by atoms with Crippen LogP contribution in [0, 0.1) is 5.92 Å². The van der Waals surface area contributed by atoms with Crippen LogP contribution in [-0.4, -0.2) is 26.2 Å². The molecule has 0 bridgehead atoms. The van der Waals surface area contributed by atoms with Crippen LogP contribution in [0.1, 0.15) is 43.0 Å². The first-order valence-electron chi connectivity index (χ1n) is 7.17. The molecule has 110 valence electrons. The SMILES string of the molecule is COc1cccc(C(=O)NC2CCCC(C)C2)c1OC. The maximum Gasteiger partial charge on any atom is 0.255 e. The van der Waals surface area contributed by atoms with Crippen LogP contribution < -0.4 is 14.8 Å². The number of ether oxygens (including phenoxy) is 2. The third-order valence-electron chi connectivity index (χ3n) is 3.92. The van der Waals surface area contributed by atoms with Crippen LogP contribution in [0.2, 0.25) is 0 Å². The number of benzene rings is 1. The van der Waals surface area contributed by atoms with Gasteiger partial charge in [0, 0.05) is 6.04 Å². The number of methoxy groups -OCH3 is 2. The molecule has 0 saturated heterocycles. The Morgan fingerprint density at radius 2 is 2.05 bits per heavy atom. The second kappa shape index (κ2) is 6.64. The summed E-state index contributed by atoms with van der Waals surface area (Å²) in [6.45, 7) is 2.24. The average Bonchev–Trinajstić information content (AvgIpc) is 2.46. The number of rotatable bonds is 4. The molecule has 1 aliphatic rings. The minimum atomic E-state index is -0.0835. The molecule has 0 aromatic heterocycles. The van der Waals surface area contributed by atoms with Crippen molar-refractivity contribution < 1.29 is 14.3 Å². The van der Waals surface area contributed by atoms with Crippen molar-refractivity contribution in [3.05, 3.63) is 23.8 Å². The quantitative estimate of drug-likeness (QED) is 0.920. The average molecular weight is 277 g/mol. The van der Waals surface area contributed by atoms with Crippen molar-refractivity contribution in [3.8, 4) is 11.5 Å². The van der Waals surface area contributed by atoms with E-state index in [4.69, 9.17) is 9.47 Å². The molecule has 1 saturated carbocycles. The number of para-hydroxylation sites is 1. The van der Waals surface area contributed by atoms with Gasteiger partial charge in [-0.2, -0.15) is 0 Å². The lowest BCUT2D eigenvalue weighted by atomic mass is 9.87. The van der Waals surface area contributed by atoms with E-state index >= 15 is 0 Å². The fourth-order valence-corrected chi connectivity index (χ4v) is 2.89. The van der Waals surface area contributed by atoms with Gasteiger partial charge in [0.25, 0.3) is 5.91 Å². The standard InChI is InChI=1S/C16H23NO3/c1-11-6-4-7-12(10-11)17-16(18)13-8-5-9-14(19-2)15(13)20-3/h5,8-9,11-12H,4,6-7,10H2,1-3H3,(H,17,18). The van der Waals surface area contributed by atoms with Gasteiger partial charge in [0.05, 0.1) is 19.8 Å². The van der Waals surface area contributed by atoms with Gasteiger partial charge < -0.3 is 14.8 Å².